The van der Waals surface area contributed by atoms with Crippen LogP contribution in [0.25, 0.3) is 0 Å². The molecule has 0 amide bonds. The minimum Gasteiger partial charge on any atom is -1.00 e. The zero-order valence-electron chi connectivity index (χ0n) is 22.4. The molecule has 0 rings (SSSR count). The first-order valence-corrected chi connectivity index (χ1v) is 5.21. The fourth-order valence-electron chi connectivity index (χ4n) is 0. The number of rotatable bonds is 0. The van der Waals surface area contributed by atoms with E-state index in [1.165, 1.54) is 0 Å². The molecule has 36 heavy (non-hydrogen) atoms. The molecule has 16 N–H and O–H groups in total. The molecule has 0 heterocycles. The van der Waals surface area contributed by atoms with Crippen LogP contribution in [0.2, 0.25) is 0 Å². The molecule has 0 aromatic heterocycles. The Hall–Kier alpha value is 0.705. The van der Waals surface area contributed by atoms with E-state index in [0.29, 0.717) is 0 Å². The molecule has 0 aliphatic rings. The van der Waals surface area contributed by atoms with Gasteiger partial charge >= 0.3 is 255 Å². The average Bonchev–Trinajstić information content (AvgIpc) is 2.30. The first-order valence-electron chi connectivity index (χ1n) is 5.21. The summed E-state index contributed by atoms with van der Waals surface area (Å²) in [5.41, 5.74) is 0. The van der Waals surface area contributed by atoms with Crippen molar-refractivity contribution >= 4 is 49.2 Å². The van der Waals surface area contributed by atoms with Crippen LogP contribution in [0.4, 0.5) is 38.4 Å². The van der Waals surface area contributed by atoms with Crippen LogP contribution in [0.15, 0.2) is 0 Å². The van der Waals surface area contributed by atoms with Crippen molar-refractivity contribution in [1.29, 1.82) is 0 Å². The van der Waals surface area contributed by atoms with E-state index < -0.39 is 49.2 Å². The predicted molar refractivity (Wildman–Crippen MR) is 89.7 cm³/mol. The van der Waals surface area contributed by atoms with E-state index in [9.17, 15) is 0 Å². The second-order valence-corrected chi connectivity index (χ2v) is 2.26. The molecule has 0 aliphatic heterocycles. The van der Waals surface area contributed by atoms with Crippen molar-refractivity contribution in [1.82, 2.24) is 0 Å². The molecule has 0 aliphatic carbocycles. The fraction of sp³-hybridized carbons (Fsp3) is 0. The van der Waals surface area contributed by atoms with Gasteiger partial charge in [0.25, 0.3) is 0 Å². The smallest absolute Gasteiger partial charge is 1.00 e. The topological polar surface area (TPSA) is 460 Å². The molecular weight excluding hydrogens is 636 g/mol. The van der Waals surface area contributed by atoms with Gasteiger partial charge in [-0.25, -0.2) is 38.4 Å². The Balaban J connectivity index is -0.0000000114. The Bertz CT molecular complexity index is 391. The molecule has 0 aromatic rings. The van der Waals surface area contributed by atoms with E-state index >= 15 is 0 Å². The van der Waals surface area contributed by atoms with Crippen LogP contribution in [-0.4, -0.2) is 131 Å². The van der Waals surface area contributed by atoms with Crippen molar-refractivity contribution in [3.8, 4) is 0 Å². The maximum atomic E-state index is 8.56. The zero-order chi connectivity index (χ0) is 28.6. The normalized spacial score (nSPS) is 5.33. The molecule has 28 heteroatoms. The van der Waals surface area contributed by atoms with Crippen molar-refractivity contribution in [2.75, 3.05) is 0 Å². The first kappa shape index (κ1) is 76.7. The van der Waals surface area contributed by atoms with Crippen LogP contribution in [-0.2, 0) is 0 Å². The SMILES string of the molecule is O=C(O)O.O=C(O)O.O=C(O)O.O=C(O)O.O=C(O)O.O=C(O)O.O=C(O)O.O=C(O)O.[H-].[H-].[H-].[H-].[K+].[K+].[K+].[K+]. The van der Waals surface area contributed by atoms with Gasteiger partial charge in [0.2, 0.25) is 0 Å². The van der Waals surface area contributed by atoms with E-state index in [4.69, 9.17) is 120 Å². The summed E-state index contributed by atoms with van der Waals surface area (Å²) in [6.45, 7) is 0. The van der Waals surface area contributed by atoms with Gasteiger partial charge in [-0.05, 0) is 0 Å². The van der Waals surface area contributed by atoms with Gasteiger partial charge in [0.15, 0.2) is 0 Å². The van der Waals surface area contributed by atoms with Gasteiger partial charge in [0, 0.05) is 0 Å². The Labute approximate surface area is 372 Å². The van der Waals surface area contributed by atoms with Gasteiger partial charge in [-0.15, -0.1) is 0 Å². The number of carboxylic acid groups (broad SMARTS) is 16. The summed E-state index contributed by atoms with van der Waals surface area (Å²) in [5, 5.41) is 112. The molecule has 0 aromatic carbocycles. The standard InChI is InChI=1S/8CH2O3.4K.4H/c8*2-1(3)4;;;;;;;;/h8*(H2,2,3,4);;;;;;;;/q;;;;;;;;4*+1;4*-1. The van der Waals surface area contributed by atoms with Crippen molar-refractivity contribution in [3.05, 3.63) is 0 Å². The predicted octanol–water partition coefficient (Wildman–Crippen LogP) is -9.75. The van der Waals surface area contributed by atoms with E-state index in [-0.39, 0.29) is 211 Å². The second-order valence-electron chi connectivity index (χ2n) is 2.26. The Morgan fingerprint density at radius 3 is 0.222 bits per heavy atom. The quantitative estimate of drug-likeness (QED) is 0.108. The molecule has 0 saturated heterocycles. The molecule has 0 fully saturated rings. The van der Waals surface area contributed by atoms with Crippen molar-refractivity contribution in [2.24, 2.45) is 0 Å². The largest absolute Gasteiger partial charge is 1.00 e. The third-order valence-corrected chi connectivity index (χ3v) is 0. The number of hydrogen-bond acceptors (Lipinski definition) is 8. The monoisotopic (exact) mass is 656 g/mol. The Kier molecular flexibility index (Phi) is 150. The summed E-state index contributed by atoms with van der Waals surface area (Å²) in [6.07, 6.45) is -14.7. The van der Waals surface area contributed by atoms with Crippen LogP contribution in [0.5, 0.6) is 0 Å². The molecule has 0 atom stereocenters. The maximum absolute atomic E-state index is 8.56. The van der Waals surface area contributed by atoms with Gasteiger partial charge in [-0.1, -0.05) is 0 Å². The number of hydrogen-bond donors (Lipinski definition) is 16. The summed E-state index contributed by atoms with van der Waals surface area (Å²) in [5.74, 6) is 0. The summed E-state index contributed by atoms with van der Waals surface area (Å²) in [6, 6.07) is 0. The summed E-state index contributed by atoms with van der Waals surface area (Å²) in [7, 11) is 0. The molecule has 0 unspecified atom stereocenters. The summed E-state index contributed by atoms with van der Waals surface area (Å²) in [4.78, 5) is 68.4. The summed E-state index contributed by atoms with van der Waals surface area (Å²) >= 11 is 0. The minimum atomic E-state index is -1.83. The van der Waals surface area contributed by atoms with E-state index in [2.05, 4.69) is 0 Å². The van der Waals surface area contributed by atoms with Crippen LogP contribution >= 0.6 is 0 Å². The van der Waals surface area contributed by atoms with Crippen LogP contribution < -0.4 is 206 Å². The van der Waals surface area contributed by atoms with Gasteiger partial charge in [0.05, 0.1) is 0 Å². The van der Waals surface area contributed by atoms with Gasteiger partial charge in [-0.2, -0.15) is 0 Å². The van der Waals surface area contributed by atoms with E-state index in [1.807, 2.05) is 0 Å². The van der Waals surface area contributed by atoms with Crippen LogP contribution in [0.1, 0.15) is 5.71 Å². The summed E-state index contributed by atoms with van der Waals surface area (Å²) < 4.78 is 0. The third kappa shape index (κ3) is 79200. The third-order valence-electron chi connectivity index (χ3n) is 0. The van der Waals surface area contributed by atoms with Gasteiger partial charge in [-0.3, -0.25) is 0 Å². The van der Waals surface area contributed by atoms with Crippen LogP contribution in [0.3, 0.4) is 0 Å². The average molecular weight is 657 g/mol. The Morgan fingerprint density at radius 1 is 0.222 bits per heavy atom. The van der Waals surface area contributed by atoms with Crippen molar-refractivity contribution in [2.45, 2.75) is 0 Å². The zero-order valence-corrected chi connectivity index (χ0v) is 30.9. The number of carbonyl (C=O) groups is 8. The molecule has 0 radical (unpaired) electrons. The van der Waals surface area contributed by atoms with Crippen molar-refractivity contribution < 1.29 is 331 Å². The van der Waals surface area contributed by atoms with Crippen molar-refractivity contribution in [3.63, 3.8) is 0 Å². The molecule has 0 bridgehead atoms. The molecular formula is C8H20K4O24. The van der Waals surface area contributed by atoms with Gasteiger partial charge < -0.3 is 87.4 Å². The molecule has 0 saturated carbocycles. The molecule has 24 nitrogen and oxygen atoms in total. The van der Waals surface area contributed by atoms with Crippen LogP contribution in [0, 0.1) is 0 Å². The van der Waals surface area contributed by atoms with Gasteiger partial charge in [0.1, 0.15) is 0 Å². The minimum absolute atomic E-state index is 0. The van der Waals surface area contributed by atoms with E-state index in [1.54, 1.807) is 0 Å². The second kappa shape index (κ2) is 70.5. The van der Waals surface area contributed by atoms with E-state index in [0.717, 1.165) is 0 Å². The molecule has 200 valence electrons. The fourth-order valence-corrected chi connectivity index (χ4v) is 0. The first-order chi connectivity index (χ1) is 13.9. The maximum Gasteiger partial charge on any atom is 1.00 e. The molecule has 0 spiro atoms. The Morgan fingerprint density at radius 2 is 0.222 bits per heavy atom.